The molecule has 0 saturated carbocycles. The molecule has 0 saturated heterocycles. The molecule has 1 unspecified atom stereocenters. The molecule has 32 heavy (non-hydrogen) atoms. The summed E-state index contributed by atoms with van der Waals surface area (Å²) < 4.78 is 34.1. The molecule has 1 aliphatic heterocycles. The maximum absolute atomic E-state index is 13.4. The van der Waals surface area contributed by atoms with Gasteiger partial charge >= 0.3 is 199 Å². The Balaban J connectivity index is 1.71. The second-order valence-corrected chi connectivity index (χ2v) is 13.7. The second kappa shape index (κ2) is 9.84. The fourth-order valence-corrected chi connectivity index (χ4v) is 9.40. The number of hydrogen-bond acceptors (Lipinski definition) is 4. The van der Waals surface area contributed by atoms with Crippen molar-refractivity contribution in [2.24, 2.45) is 0 Å². The molecule has 0 aliphatic carbocycles. The van der Waals surface area contributed by atoms with E-state index in [-0.39, 0.29) is 10.8 Å². The van der Waals surface area contributed by atoms with Crippen molar-refractivity contribution in [2.45, 2.75) is 57.7 Å². The summed E-state index contributed by atoms with van der Waals surface area (Å²) in [6.07, 6.45) is 0.778. The van der Waals surface area contributed by atoms with Crippen molar-refractivity contribution in [3.8, 4) is 5.75 Å². The van der Waals surface area contributed by atoms with Crippen LogP contribution in [0.2, 0.25) is 5.21 Å². The van der Waals surface area contributed by atoms with Crippen LogP contribution < -0.4 is 4.74 Å². The fourth-order valence-electron chi connectivity index (χ4n) is 3.66. The summed E-state index contributed by atoms with van der Waals surface area (Å²) in [4.78, 5) is 13.4. The number of amides is 1. The molecule has 5 nitrogen and oxygen atoms in total. The SMILES string of the molecule is CC(C)c1ccc(OCCC[AsH]C2=C(c3ccccc3)S(=O)(=O)N(C(C)(C)C)C2=O)cc1. The third-order valence-electron chi connectivity index (χ3n) is 5.21. The predicted molar refractivity (Wildman–Crippen MR) is 131 cm³/mol. The number of sulfonamides is 1. The van der Waals surface area contributed by atoms with Gasteiger partial charge in [0.1, 0.15) is 0 Å². The Kier molecular flexibility index (Phi) is 7.57. The van der Waals surface area contributed by atoms with Crippen LogP contribution in [0.25, 0.3) is 4.91 Å². The van der Waals surface area contributed by atoms with Crippen molar-refractivity contribution in [1.29, 1.82) is 0 Å². The van der Waals surface area contributed by atoms with Gasteiger partial charge in [-0.05, 0) is 0 Å². The number of benzene rings is 2. The van der Waals surface area contributed by atoms with Crippen LogP contribution in [-0.4, -0.2) is 46.5 Å². The number of carbonyl (C=O) groups excluding carboxylic acids is 1. The second-order valence-electron chi connectivity index (χ2n) is 9.17. The normalized spacial score (nSPS) is 16.6. The first-order valence-corrected chi connectivity index (χ1v) is 14.9. The monoisotopic (exact) mass is 517 g/mol. The van der Waals surface area contributed by atoms with Crippen LogP contribution in [0.5, 0.6) is 5.75 Å². The zero-order valence-electron chi connectivity index (χ0n) is 19.4. The molecule has 0 spiro atoms. The van der Waals surface area contributed by atoms with E-state index in [2.05, 4.69) is 26.0 Å². The summed E-state index contributed by atoms with van der Waals surface area (Å²) in [5, 5.41) is 0.787. The van der Waals surface area contributed by atoms with Crippen LogP contribution in [-0.2, 0) is 14.8 Å². The van der Waals surface area contributed by atoms with Crippen molar-refractivity contribution in [3.63, 3.8) is 0 Å². The van der Waals surface area contributed by atoms with Gasteiger partial charge in [0.05, 0.1) is 0 Å². The molecule has 1 heterocycles. The van der Waals surface area contributed by atoms with Crippen molar-refractivity contribution >= 4 is 36.6 Å². The van der Waals surface area contributed by atoms with Gasteiger partial charge in [0, 0.05) is 0 Å². The van der Waals surface area contributed by atoms with Gasteiger partial charge in [-0.3, -0.25) is 0 Å². The van der Waals surface area contributed by atoms with Crippen LogP contribution >= 0.6 is 0 Å². The van der Waals surface area contributed by atoms with E-state index >= 15 is 0 Å². The molecule has 0 N–H and O–H groups in total. The van der Waals surface area contributed by atoms with Gasteiger partial charge in [-0.15, -0.1) is 0 Å². The molecule has 7 heteroatoms. The predicted octanol–water partition coefficient (Wildman–Crippen LogP) is 4.77. The first-order chi connectivity index (χ1) is 15.0. The van der Waals surface area contributed by atoms with Crippen molar-refractivity contribution < 1.29 is 17.9 Å². The first-order valence-electron chi connectivity index (χ1n) is 10.9. The number of ether oxygens (including phenoxy) is 1. The molecule has 0 bridgehead atoms. The Labute approximate surface area is 198 Å². The topological polar surface area (TPSA) is 63.7 Å². The van der Waals surface area contributed by atoms with Gasteiger partial charge in [-0.25, -0.2) is 0 Å². The van der Waals surface area contributed by atoms with Crippen LogP contribution in [0.4, 0.5) is 0 Å². The average molecular weight is 518 g/mol. The van der Waals surface area contributed by atoms with Crippen LogP contribution in [0.3, 0.4) is 0 Å². The quantitative estimate of drug-likeness (QED) is 0.374. The van der Waals surface area contributed by atoms with Gasteiger partial charge in [-0.2, -0.15) is 0 Å². The minimum absolute atomic E-state index is 0.197. The Morgan fingerprint density at radius 3 is 2.19 bits per heavy atom. The Hall–Kier alpha value is -2.04. The van der Waals surface area contributed by atoms with Gasteiger partial charge < -0.3 is 0 Å². The average Bonchev–Trinajstić information content (AvgIpc) is 2.93. The van der Waals surface area contributed by atoms with E-state index < -0.39 is 31.3 Å². The molecule has 172 valence electrons. The summed E-state index contributed by atoms with van der Waals surface area (Å²) >= 11 is -0.949. The molecule has 2 aromatic carbocycles. The van der Waals surface area contributed by atoms with Crippen LogP contribution in [0, 0.1) is 0 Å². The van der Waals surface area contributed by atoms with E-state index in [0.717, 1.165) is 21.7 Å². The van der Waals surface area contributed by atoms with Crippen molar-refractivity contribution in [2.75, 3.05) is 6.61 Å². The molecule has 3 rings (SSSR count). The van der Waals surface area contributed by atoms with Crippen LogP contribution in [0.15, 0.2) is 59.0 Å². The van der Waals surface area contributed by atoms with E-state index in [9.17, 15) is 13.2 Å². The zero-order valence-corrected chi connectivity index (χ0v) is 22.3. The fraction of sp³-hybridized carbons (Fsp3) is 0.400. The van der Waals surface area contributed by atoms with E-state index in [1.165, 1.54) is 5.56 Å². The van der Waals surface area contributed by atoms with E-state index in [1.54, 1.807) is 45.0 Å². The summed E-state index contributed by atoms with van der Waals surface area (Å²) in [5.74, 6) is 0.952. The number of carbonyl (C=O) groups is 1. The summed E-state index contributed by atoms with van der Waals surface area (Å²) in [7, 11) is -3.87. The van der Waals surface area contributed by atoms with Crippen LogP contribution in [0.1, 0.15) is 58.1 Å². The summed E-state index contributed by atoms with van der Waals surface area (Å²) in [6.45, 7) is 10.1. The van der Waals surface area contributed by atoms with E-state index in [4.69, 9.17) is 4.74 Å². The molecule has 0 radical (unpaired) electrons. The van der Waals surface area contributed by atoms with E-state index in [1.807, 2.05) is 18.2 Å². The molecule has 1 aliphatic rings. The number of rotatable bonds is 8. The molecular formula is C25H32AsNO4S. The summed E-state index contributed by atoms with van der Waals surface area (Å²) in [6, 6.07) is 17.1. The third-order valence-corrected chi connectivity index (χ3v) is 10.7. The van der Waals surface area contributed by atoms with Gasteiger partial charge in [-0.1, -0.05) is 0 Å². The Morgan fingerprint density at radius 1 is 1.00 bits per heavy atom. The maximum atomic E-state index is 13.4. The first kappa shape index (κ1) is 24.6. The summed E-state index contributed by atoms with van der Waals surface area (Å²) in [5.41, 5.74) is 1.05. The zero-order chi connectivity index (χ0) is 23.5. The Bertz CT molecular complexity index is 1090. The van der Waals surface area contributed by atoms with Gasteiger partial charge in [0.2, 0.25) is 0 Å². The Morgan fingerprint density at radius 2 is 1.62 bits per heavy atom. The molecular weight excluding hydrogens is 485 g/mol. The number of nitrogens with zero attached hydrogens (tertiary/aromatic N) is 1. The number of hydrogen-bond donors (Lipinski definition) is 0. The minimum atomic E-state index is -3.87. The third kappa shape index (κ3) is 5.29. The molecule has 2 aromatic rings. The van der Waals surface area contributed by atoms with Crippen molar-refractivity contribution in [3.05, 3.63) is 70.1 Å². The molecule has 0 fully saturated rings. The molecule has 1 amide bonds. The van der Waals surface area contributed by atoms with Crippen molar-refractivity contribution in [1.82, 2.24) is 4.31 Å². The van der Waals surface area contributed by atoms with Gasteiger partial charge in [0.25, 0.3) is 0 Å². The van der Waals surface area contributed by atoms with E-state index in [0.29, 0.717) is 22.4 Å². The van der Waals surface area contributed by atoms with Gasteiger partial charge in [0.15, 0.2) is 0 Å². The molecule has 1 atom stereocenters. The standard InChI is InChI=1S/C25H32AsNO4S/c1-18(2)19-12-14-21(15-13-19)31-17-9-16-26-22-23(20-10-7-6-8-11-20)32(29,30)27(24(22)28)25(3,4)5/h6-8,10-15,18,26H,9,16-17H2,1-5H3. The molecule has 0 aromatic heterocycles.